The largest absolute Gasteiger partial charge is 0.497 e. The van der Waals surface area contributed by atoms with Gasteiger partial charge in [-0.1, -0.05) is 12.1 Å². The smallest absolute Gasteiger partial charge is 0.227 e. The van der Waals surface area contributed by atoms with Gasteiger partial charge in [-0.05, 0) is 37.0 Å². The quantitative estimate of drug-likeness (QED) is 0.928. The molecule has 1 aromatic carbocycles. The van der Waals surface area contributed by atoms with Gasteiger partial charge in [-0.3, -0.25) is 4.79 Å². The van der Waals surface area contributed by atoms with E-state index in [1.165, 1.54) is 12.8 Å². The molecule has 5 heteroatoms. The zero-order valence-corrected chi connectivity index (χ0v) is 13.2. The van der Waals surface area contributed by atoms with Gasteiger partial charge in [-0.25, -0.2) is 0 Å². The lowest BCUT2D eigenvalue weighted by Gasteiger charge is -2.24. The summed E-state index contributed by atoms with van der Waals surface area (Å²) >= 11 is 0. The highest BCUT2D eigenvalue weighted by Crippen LogP contribution is 2.21. The predicted molar refractivity (Wildman–Crippen MR) is 85.1 cm³/mol. The molecule has 2 bridgehead atoms. The standard InChI is InChI=1S/C16H22N2O2.ClH/c1-20-15-6-2-12(3-7-15)10-16(19)18-9-8-13-4-5-14(11-18)17-13;/h2-3,6-7,13-14,17H,4-5,8-11H2,1H3;1H. The summed E-state index contributed by atoms with van der Waals surface area (Å²) in [4.78, 5) is 14.4. The van der Waals surface area contributed by atoms with E-state index < -0.39 is 0 Å². The topological polar surface area (TPSA) is 41.6 Å². The van der Waals surface area contributed by atoms with Crippen molar-refractivity contribution in [2.45, 2.75) is 37.8 Å². The van der Waals surface area contributed by atoms with E-state index in [4.69, 9.17) is 4.74 Å². The van der Waals surface area contributed by atoms with Gasteiger partial charge >= 0.3 is 0 Å². The number of carbonyl (C=O) groups is 1. The van der Waals surface area contributed by atoms with Gasteiger partial charge in [0.2, 0.25) is 5.91 Å². The summed E-state index contributed by atoms with van der Waals surface area (Å²) in [5.41, 5.74) is 1.05. The summed E-state index contributed by atoms with van der Waals surface area (Å²) in [5.74, 6) is 1.07. The number of ether oxygens (including phenoxy) is 1. The number of hydrogen-bond acceptors (Lipinski definition) is 3. The molecule has 1 N–H and O–H groups in total. The van der Waals surface area contributed by atoms with Crippen LogP contribution in [-0.2, 0) is 11.2 Å². The zero-order valence-electron chi connectivity index (χ0n) is 12.4. The van der Waals surface area contributed by atoms with E-state index in [0.29, 0.717) is 18.5 Å². The number of methoxy groups -OCH3 is 1. The highest BCUT2D eigenvalue weighted by atomic mass is 35.5. The lowest BCUT2D eigenvalue weighted by atomic mass is 10.1. The maximum absolute atomic E-state index is 12.4. The molecule has 0 spiro atoms. The molecule has 1 amide bonds. The molecule has 2 aliphatic rings. The molecule has 116 valence electrons. The van der Waals surface area contributed by atoms with Crippen LogP contribution in [0.2, 0.25) is 0 Å². The average Bonchev–Trinajstić information content (AvgIpc) is 2.79. The number of fused-ring (bicyclic) bond motifs is 2. The average molecular weight is 311 g/mol. The van der Waals surface area contributed by atoms with Crippen LogP contribution < -0.4 is 10.1 Å². The minimum absolute atomic E-state index is 0. The summed E-state index contributed by atoms with van der Waals surface area (Å²) in [6.07, 6.45) is 4.05. The molecule has 0 radical (unpaired) electrons. The van der Waals surface area contributed by atoms with Crippen molar-refractivity contribution < 1.29 is 9.53 Å². The third kappa shape index (κ3) is 3.89. The number of amides is 1. The Morgan fingerprint density at radius 1 is 1.24 bits per heavy atom. The monoisotopic (exact) mass is 310 g/mol. The van der Waals surface area contributed by atoms with Gasteiger partial charge in [0.1, 0.15) is 5.75 Å². The van der Waals surface area contributed by atoms with Gasteiger partial charge in [0.25, 0.3) is 0 Å². The maximum atomic E-state index is 12.4. The number of nitrogens with one attached hydrogen (secondary N) is 1. The van der Waals surface area contributed by atoms with Crippen LogP contribution in [0.15, 0.2) is 24.3 Å². The number of nitrogens with zero attached hydrogens (tertiary/aromatic N) is 1. The van der Waals surface area contributed by atoms with Crippen LogP contribution in [0.4, 0.5) is 0 Å². The summed E-state index contributed by atoms with van der Waals surface area (Å²) in [7, 11) is 1.65. The molecule has 0 aliphatic carbocycles. The van der Waals surface area contributed by atoms with E-state index >= 15 is 0 Å². The van der Waals surface area contributed by atoms with Crippen molar-refractivity contribution >= 4 is 18.3 Å². The van der Waals surface area contributed by atoms with Gasteiger partial charge in [0.05, 0.1) is 13.5 Å². The first kappa shape index (κ1) is 16.1. The first-order valence-corrected chi connectivity index (χ1v) is 7.41. The SMILES string of the molecule is COc1ccc(CC(=O)N2CCC3CCC(C2)N3)cc1.Cl. The molecule has 3 rings (SSSR count). The molecule has 21 heavy (non-hydrogen) atoms. The molecule has 2 aliphatic heterocycles. The summed E-state index contributed by atoms with van der Waals surface area (Å²) in [6, 6.07) is 8.89. The van der Waals surface area contributed by atoms with Crippen molar-refractivity contribution in [2.24, 2.45) is 0 Å². The number of benzene rings is 1. The Morgan fingerprint density at radius 3 is 2.67 bits per heavy atom. The second kappa shape index (κ2) is 7.14. The number of halogens is 1. The van der Waals surface area contributed by atoms with Crippen molar-refractivity contribution in [3.63, 3.8) is 0 Å². The Hall–Kier alpha value is -1.26. The number of hydrogen-bond donors (Lipinski definition) is 1. The molecule has 2 unspecified atom stereocenters. The van der Waals surface area contributed by atoms with E-state index in [1.54, 1.807) is 7.11 Å². The lowest BCUT2D eigenvalue weighted by Crippen LogP contribution is -2.39. The molecule has 2 atom stereocenters. The van der Waals surface area contributed by atoms with Crippen molar-refractivity contribution in [3.8, 4) is 5.75 Å². The number of carbonyl (C=O) groups excluding carboxylic acids is 1. The highest BCUT2D eigenvalue weighted by molar-refractivity contribution is 5.85. The predicted octanol–water partition coefficient (Wildman–Crippen LogP) is 2.01. The van der Waals surface area contributed by atoms with E-state index in [1.807, 2.05) is 29.2 Å². The fraction of sp³-hybridized carbons (Fsp3) is 0.562. The normalized spacial score (nSPS) is 24.1. The Labute approximate surface area is 132 Å². The summed E-state index contributed by atoms with van der Waals surface area (Å²) in [5, 5.41) is 3.61. The van der Waals surface area contributed by atoms with Crippen LogP contribution in [0.3, 0.4) is 0 Å². The summed E-state index contributed by atoms with van der Waals surface area (Å²) in [6.45, 7) is 1.76. The van der Waals surface area contributed by atoms with Gasteiger partial charge in [0.15, 0.2) is 0 Å². The third-order valence-corrected chi connectivity index (χ3v) is 4.39. The zero-order chi connectivity index (χ0) is 13.9. The van der Waals surface area contributed by atoms with E-state index in [9.17, 15) is 4.79 Å². The molecule has 0 aromatic heterocycles. The first-order valence-electron chi connectivity index (χ1n) is 7.41. The van der Waals surface area contributed by atoms with Gasteiger partial charge in [-0.2, -0.15) is 0 Å². The summed E-state index contributed by atoms with van der Waals surface area (Å²) < 4.78 is 5.14. The number of likely N-dealkylation sites (tertiary alicyclic amines) is 1. The second-order valence-electron chi connectivity index (χ2n) is 5.79. The Kier molecular flexibility index (Phi) is 5.48. The third-order valence-electron chi connectivity index (χ3n) is 4.39. The van der Waals surface area contributed by atoms with E-state index in [2.05, 4.69) is 5.32 Å². The maximum Gasteiger partial charge on any atom is 0.227 e. The fourth-order valence-corrected chi connectivity index (χ4v) is 3.20. The Bertz CT molecular complexity index is 478. The van der Waals surface area contributed by atoms with Crippen molar-refractivity contribution in [1.29, 1.82) is 0 Å². The molecular formula is C16H23ClN2O2. The van der Waals surface area contributed by atoms with E-state index in [-0.39, 0.29) is 18.3 Å². The Balaban J connectivity index is 0.00000161. The molecule has 4 nitrogen and oxygen atoms in total. The second-order valence-corrected chi connectivity index (χ2v) is 5.79. The van der Waals surface area contributed by atoms with Crippen LogP contribution >= 0.6 is 12.4 Å². The van der Waals surface area contributed by atoms with Crippen LogP contribution in [0.1, 0.15) is 24.8 Å². The van der Waals surface area contributed by atoms with Crippen LogP contribution in [0.5, 0.6) is 5.75 Å². The Morgan fingerprint density at radius 2 is 1.95 bits per heavy atom. The number of rotatable bonds is 3. The van der Waals surface area contributed by atoms with Crippen molar-refractivity contribution in [2.75, 3.05) is 20.2 Å². The van der Waals surface area contributed by atoms with Crippen LogP contribution in [-0.4, -0.2) is 43.1 Å². The van der Waals surface area contributed by atoms with Gasteiger partial charge < -0.3 is 15.0 Å². The molecular weight excluding hydrogens is 288 g/mol. The van der Waals surface area contributed by atoms with Crippen molar-refractivity contribution in [1.82, 2.24) is 10.2 Å². The molecule has 2 saturated heterocycles. The molecule has 1 aromatic rings. The lowest BCUT2D eigenvalue weighted by molar-refractivity contribution is -0.130. The van der Waals surface area contributed by atoms with Crippen LogP contribution in [0.25, 0.3) is 0 Å². The molecule has 0 saturated carbocycles. The minimum Gasteiger partial charge on any atom is -0.497 e. The van der Waals surface area contributed by atoms with Crippen molar-refractivity contribution in [3.05, 3.63) is 29.8 Å². The molecule has 2 fully saturated rings. The highest BCUT2D eigenvalue weighted by Gasteiger charge is 2.30. The van der Waals surface area contributed by atoms with Gasteiger partial charge in [0, 0.05) is 25.2 Å². The molecule has 2 heterocycles. The van der Waals surface area contributed by atoms with E-state index in [0.717, 1.165) is 30.8 Å². The van der Waals surface area contributed by atoms with Crippen LogP contribution in [0, 0.1) is 0 Å². The van der Waals surface area contributed by atoms with Gasteiger partial charge in [-0.15, -0.1) is 12.4 Å². The minimum atomic E-state index is 0. The fourth-order valence-electron chi connectivity index (χ4n) is 3.20. The first-order chi connectivity index (χ1) is 9.74.